The molecule has 1 amide bonds. The molecule has 0 fully saturated rings. The van der Waals surface area contributed by atoms with E-state index in [1.807, 2.05) is 13.0 Å². The van der Waals surface area contributed by atoms with Gasteiger partial charge in [0.2, 0.25) is 0 Å². The van der Waals surface area contributed by atoms with Crippen molar-refractivity contribution in [3.63, 3.8) is 0 Å². The number of hydrogen-bond acceptors (Lipinski definition) is 3. The van der Waals surface area contributed by atoms with Crippen LogP contribution < -0.4 is 10.1 Å². The van der Waals surface area contributed by atoms with E-state index in [2.05, 4.69) is 43.4 Å². The van der Waals surface area contributed by atoms with Crippen molar-refractivity contribution in [3.8, 4) is 11.8 Å². The van der Waals surface area contributed by atoms with Crippen molar-refractivity contribution in [1.82, 2.24) is 5.32 Å². The Morgan fingerprint density at radius 1 is 1.12 bits per heavy atom. The summed E-state index contributed by atoms with van der Waals surface area (Å²) in [5.74, 6) is 0.828. The Bertz CT molecular complexity index is 745. The highest BCUT2D eigenvalue weighted by atomic mass is 16.5. The molecule has 1 N–H and O–H groups in total. The summed E-state index contributed by atoms with van der Waals surface area (Å²) in [6.45, 7) is 6.22. The topological polar surface area (TPSA) is 62.1 Å². The Morgan fingerprint density at radius 2 is 1.80 bits per heavy atom. The fourth-order valence-corrected chi connectivity index (χ4v) is 2.61. The lowest BCUT2D eigenvalue weighted by atomic mass is 10.00. The summed E-state index contributed by atoms with van der Waals surface area (Å²) < 4.78 is 5.45. The maximum Gasteiger partial charge on any atom is 0.258 e. The number of nitrogens with one attached hydrogen (secondary N) is 1. The molecular formula is C21H24N2O2. The van der Waals surface area contributed by atoms with Crippen LogP contribution in [0, 0.1) is 17.2 Å². The monoisotopic (exact) mass is 336 g/mol. The molecule has 0 heterocycles. The first-order chi connectivity index (χ1) is 12.0. The molecule has 2 aromatic rings. The predicted molar refractivity (Wildman–Crippen MR) is 98.2 cm³/mol. The lowest BCUT2D eigenvalue weighted by Gasteiger charge is -2.16. The Kier molecular flexibility index (Phi) is 6.59. The summed E-state index contributed by atoms with van der Waals surface area (Å²) in [6.07, 6.45) is 1.05. The van der Waals surface area contributed by atoms with Gasteiger partial charge in [0.25, 0.3) is 5.91 Å². The van der Waals surface area contributed by atoms with E-state index < -0.39 is 0 Å². The van der Waals surface area contributed by atoms with Gasteiger partial charge < -0.3 is 10.1 Å². The number of carbonyl (C=O) groups is 1. The smallest absolute Gasteiger partial charge is 0.258 e. The number of hydrogen-bond donors (Lipinski definition) is 1. The van der Waals surface area contributed by atoms with Crippen molar-refractivity contribution in [2.75, 3.05) is 6.61 Å². The molecule has 2 aromatic carbocycles. The number of nitriles is 1. The molecule has 4 heteroatoms. The molecule has 0 aromatic heterocycles. The van der Waals surface area contributed by atoms with Crippen LogP contribution in [0.25, 0.3) is 0 Å². The molecule has 0 saturated carbocycles. The summed E-state index contributed by atoms with van der Waals surface area (Å²) in [5, 5.41) is 11.9. The lowest BCUT2D eigenvalue weighted by molar-refractivity contribution is -0.123. The van der Waals surface area contributed by atoms with Crippen molar-refractivity contribution in [1.29, 1.82) is 5.26 Å². The fourth-order valence-electron chi connectivity index (χ4n) is 2.61. The van der Waals surface area contributed by atoms with E-state index >= 15 is 0 Å². The van der Waals surface area contributed by atoms with Gasteiger partial charge in [-0.15, -0.1) is 0 Å². The molecule has 0 radical (unpaired) electrons. The molecule has 1 atom stereocenters. The Morgan fingerprint density at radius 3 is 2.44 bits per heavy atom. The number of para-hydroxylation sites is 1. The largest absolute Gasteiger partial charge is 0.482 e. The second kappa shape index (κ2) is 8.89. The number of nitrogens with zero attached hydrogens (tertiary/aromatic N) is 1. The number of ether oxygens (including phenoxy) is 1. The van der Waals surface area contributed by atoms with Crippen LogP contribution in [-0.2, 0) is 11.2 Å². The van der Waals surface area contributed by atoms with E-state index in [4.69, 9.17) is 10.00 Å². The Hall–Kier alpha value is -2.80. The maximum absolute atomic E-state index is 12.1. The van der Waals surface area contributed by atoms with Crippen molar-refractivity contribution in [2.45, 2.75) is 33.2 Å². The van der Waals surface area contributed by atoms with Gasteiger partial charge in [0.1, 0.15) is 11.8 Å². The SMILES string of the molecule is CC(C)Cc1ccc(C(C)NC(=O)COc2ccccc2C#N)cc1. The highest BCUT2D eigenvalue weighted by Gasteiger charge is 2.11. The molecule has 0 aliphatic carbocycles. The van der Waals surface area contributed by atoms with E-state index in [0.29, 0.717) is 17.2 Å². The summed E-state index contributed by atoms with van der Waals surface area (Å²) in [5.41, 5.74) is 2.77. The van der Waals surface area contributed by atoms with Crippen LogP contribution >= 0.6 is 0 Å². The third kappa shape index (κ3) is 5.65. The van der Waals surface area contributed by atoms with Gasteiger partial charge in [-0.2, -0.15) is 5.26 Å². The molecule has 25 heavy (non-hydrogen) atoms. The third-order valence-electron chi connectivity index (χ3n) is 3.87. The van der Waals surface area contributed by atoms with E-state index in [-0.39, 0.29) is 18.6 Å². The zero-order chi connectivity index (χ0) is 18.2. The minimum atomic E-state index is -0.216. The highest BCUT2D eigenvalue weighted by molar-refractivity contribution is 5.78. The Balaban J connectivity index is 1.88. The zero-order valence-electron chi connectivity index (χ0n) is 15.0. The van der Waals surface area contributed by atoms with Crippen molar-refractivity contribution < 1.29 is 9.53 Å². The van der Waals surface area contributed by atoms with Gasteiger partial charge in [0.15, 0.2) is 6.61 Å². The van der Waals surface area contributed by atoms with Gasteiger partial charge in [-0.3, -0.25) is 4.79 Å². The van der Waals surface area contributed by atoms with E-state index in [0.717, 1.165) is 12.0 Å². The van der Waals surface area contributed by atoms with Crippen LogP contribution in [0.5, 0.6) is 5.75 Å². The van der Waals surface area contributed by atoms with Crippen LogP contribution in [0.1, 0.15) is 43.5 Å². The van der Waals surface area contributed by atoms with Gasteiger partial charge in [0.05, 0.1) is 11.6 Å². The first kappa shape index (κ1) is 18.5. The first-order valence-corrected chi connectivity index (χ1v) is 8.49. The minimum absolute atomic E-state index is 0.101. The molecule has 0 saturated heterocycles. The maximum atomic E-state index is 12.1. The van der Waals surface area contributed by atoms with Crippen LogP contribution in [0.2, 0.25) is 0 Å². The first-order valence-electron chi connectivity index (χ1n) is 8.49. The van der Waals surface area contributed by atoms with Crippen molar-refractivity contribution in [2.24, 2.45) is 5.92 Å². The van der Waals surface area contributed by atoms with Gasteiger partial charge >= 0.3 is 0 Å². The molecule has 1 unspecified atom stereocenters. The van der Waals surface area contributed by atoms with Gasteiger partial charge in [0, 0.05) is 0 Å². The molecule has 2 rings (SSSR count). The quantitative estimate of drug-likeness (QED) is 0.831. The van der Waals surface area contributed by atoms with Gasteiger partial charge in [-0.05, 0) is 42.5 Å². The van der Waals surface area contributed by atoms with Crippen LogP contribution in [-0.4, -0.2) is 12.5 Å². The highest BCUT2D eigenvalue weighted by Crippen LogP contribution is 2.17. The zero-order valence-corrected chi connectivity index (χ0v) is 15.0. The van der Waals surface area contributed by atoms with E-state index in [1.165, 1.54) is 5.56 Å². The molecule has 4 nitrogen and oxygen atoms in total. The molecule has 130 valence electrons. The molecule has 0 spiro atoms. The lowest BCUT2D eigenvalue weighted by Crippen LogP contribution is -2.31. The summed E-state index contributed by atoms with van der Waals surface area (Å²) in [4.78, 5) is 12.1. The Labute approximate surface area is 149 Å². The van der Waals surface area contributed by atoms with Crippen LogP contribution in [0.4, 0.5) is 0 Å². The molecular weight excluding hydrogens is 312 g/mol. The predicted octanol–water partition coefficient (Wildman–Crippen LogP) is 4.01. The number of rotatable bonds is 7. The van der Waals surface area contributed by atoms with Crippen LogP contribution in [0.15, 0.2) is 48.5 Å². The summed E-state index contributed by atoms with van der Waals surface area (Å²) in [6, 6.07) is 17.1. The summed E-state index contributed by atoms with van der Waals surface area (Å²) >= 11 is 0. The van der Waals surface area contributed by atoms with Crippen molar-refractivity contribution in [3.05, 3.63) is 65.2 Å². The second-order valence-corrected chi connectivity index (χ2v) is 6.53. The van der Waals surface area contributed by atoms with Crippen molar-refractivity contribution >= 4 is 5.91 Å². The fraction of sp³-hybridized carbons (Fsp3) is 0.333. The molecule has 0 aliphatic rings. The average molecular weight is 336 g/mol. The van der Waals surface area contributed by atoms with Gasteiger partial charge in [-0.25, -0.2) is 0 Å². The number of amides is 1. The second-order valence-electron chi connectivity index (χ2n) is 6.53. The van der Waals surface area contributed by atoms with Gasteiger partial charge in [-0.1, -0.05) is 50.2 Å². The average Bonchev–Trinajstić information content (AvgIpc) is 2.60. The third-order valence-corrected chi connectivity index (χ3v) is 3.87. The molecule has 0 aliphatic heterocycles. The number of benzene rings is 2. The standard InChI is InChI=1S/C21H24N2O2/c1-15(2)12-17-8-10-18(11-9-17)16(3)23-21(24)14-25-20-7-5-4-6-19(20)13-22/h4-11,15-16H,12,14H2,1-3H3,(H,23,24). The van der Waals surface area contributed by atoms with E-state index in [9.17, 15) is 4.79 Å². The van der Waals surface area contributed by atoms with E-state index in [1.54, 1.807) is 24.3 Å². The normalized spacial score (nSPS) is 11.6. The van der Waals surface area contributed by atoms with Crippen LogP contribution in [0.3, 0.4) is 0 Å². The summed E-state index contributed by atoms with van der Waals surface area (Å²) in [7, 11) is 0. The molecule has 0 bridgehead atoms. The number of carbonyl (C=O) groups excluding carboxylic acids is 1. The minimum Gasteiger partial charge on any atom is -0.482 e.